The van der Waals surface area contributed by atoms with Gasteiger partial charge >= 0.3 is 5.97 Å². The van der Waals surface area contributed by atoms with Crippen molar-refractivity contribution in [2.24, 2.45) is 11.0 Å². The van der Waals surface area contributed by atoms with Crippen molar-refractivity contribution in [1.29, 1.82) is 0 Å². The van der Waals surface area contributed by atoms with Crippen molar-refractivity contribution in [3.63, 3.8) is 0 Å². The number of ether oxygens (including phenoxy) is 1. The molecule has 5 nitrogen and oxygen atoms in total. The minimum atomic E-state index is -0.355. The smallest absolute Gasteiger partial charge is 0.350 e. The first-order valence-corrected chi connectivity index (χ1v) is 13.3. The summed E-state index contributed by atoms with van der Waals surface area (Å²) in [7, 11) is 0. The van der Waals surface area contributed by atoms with E-state index in [9.17, 15) is 4.79 Å². The highest BCUT2D eigenvalue weighted by atomic mass is 35.5. The molecule has 0 saturated heterocycles. The quantitative estimate of drug-likeness (QED) is 0.319. The molecular weight excluding hydrogens is 501 g/mol. The van der Waals surface area contributed by atoms with E-state index in [0.29, 0.717) is 27.3 Å². The minimum Gasteiger partial charge on any atom is -0.462 e. The standard InChI is InChI=1S/C27H25Cl2N3O2S/c1-3-34-26(33)25-16(2)30-27(35-25)32-24(19-11-5-7-14-22(19)29)20-12-8-10-18(23(20)31-32)15-17-9-4-6-13-21(17)28/h4-7,9,11,13-15,20,24H,3,8,10,12H2,1-2H3. The Kier molecular flexibility index (Phi) is 6.96. The van der Waals surface area contributed by atoms with Gasteiger partial charge in [-0.25, -0.2) is 14.8 Å². The SMILES string of the molecule is CCOC(=O)c1sc(N2N=C3C(=Cc4ccccc4Cl)CCCC3C2c2ccccc2Cl)nc1C. The predicted molar refractivity (Wildman–Crippen MR) is 144 cm³/mol. The first-order valence-electron chi connectivity index (χ1n) is 11.7. The van der Waals surface area contributed by atoms with Gasteiger partial charge in [0, 0.05) is 16.0 Å². The lowest BCUT2D eigenvalue weighted by atomic mass is 9.77. The number of carbonyl (C=O) groups excluding carboxylic acids is 1. The van der Waals surface area contributed by atoms with Crippen LogP contribution in [0.2, 0.25) is 10.0 Å². The fraction of sp³-hybridized carbons (Fsp3) is 0.296. The lowest BCUT2D eigenvalue weighted by molar-refractivity contribution is 0.0531. The van der Waals surface area contributed by atoms with Crippen LogP contribution < -0.4 is 5.01 Å². The van der Waals surface area contributed by atoms with E-state index in [2.05, 4.69) is 12.1 Å². The molecule has 0 bridgehead atoms. The van der Waals surface area contributed by atoms with Gasteiger partial charge in [-0.1, -0.05) is 70.9 Å². The summed E-state index contributed by atoms with van der Waals surface area (Å²) in [4.78, 5) is 17.7. The Morgan fingerprint density at radius 2 is 1.91 bits per heavy atom. The molecule has 1 aromatic heterocycles. The zero-order valence-electron chi connectivity index (χ0n) is 19.5. The number of rotatable bonds is 5. The maximum absolute atomic E-state index is 12.5. The van der Waals surface area contributed by atoms with Crippen LogP contribution >= 0.6 is 34.5 Å². The van der Waals surface area contributed by atoms with E-state index in [1.807, 2.05) is 54.4 Å². The molecule has 2 aromatic carbocycles. The van der Waals surface area contributed by atoms with Crippen molar-refractivity contribution in [2.45, 2.75) is 39.2 Å². The second-order valence-electron chi connectivity index (χ2n) is 8.62. The molecule has 1 fully saturated rings. The van der Waals surface area contributed by atoms with Crippen LogP contribution in [0, 0.1) is 12.8 Å². The van der Waals surface area contributed by atoms with Crippen molar-refractivity contribution >= 4 is 57.4 Å². The Morgan fingerprint density at radius 1 is 1.17 bits per heavy atom. The van der Waals surface area contributed by atoms with Gasteiger partial charge in [0.1, 0.15) is 4.88 Å². The van der Waals surface area contributed by atoms with Gasteiger partial charge in [-0.3, -0.25) is 0 Å². The number of fused-ring (bicyclic) bond motifs is 1. The van der Waals surface area contributed by atoms with Crippen LogP contribution in [0.4, 0.5) is 5.13 Å². The molecule has 2 heterocycles. The normalized spacial score (nSPS) is 20.6. The number of halogens is 2. The average molecular weight is 526 g/mol. The summed E-state index contributed by atoms with van der Waals surface area (Å²) in [5.41, 5.74) is 4.83. The molecule has 2 atom stereocenters. The van der Waals surface area contributed by atoms with Crippen LogP contribution in [0.1, 0.15) is 58.7 Å². The van der Waals surface area contributed by atoms with Gasteiger partial charge in [0.25, 0.3) is 0 Å². The maximum Gasteiger partial charge on any atom is 0.350 e. The topological polar surface area (TPSA) is 54.8 Å². The van der Waals surface area contributed by atoms with E-state index in [1.165, 1.54) is 16.9 Å². The number of aromatic nitrogens is 1. The van der Waals surface area contributed by atoms with Gasteiger partial charge in [-0.05, 0) is 68.0 Å². The molecule has 8 heteroatoms. The number of hydrazone groups is 1. The Balaban J connectivity index is 1.62. The molecule has 0 spiro atoms. The molecule has 0 radical (unpaired) electrons. The van der Waals surface area contributed by atoms with Crippen LogP contribution in [0.15, 0.2) is 59.2 Å². The molecule has 1 saturated carbocycles. The number of benzene rings is 2. The van der Waals surface area contributed by atoms with E-state index in [4.69, 9.17) is 38.0 Å². The molecule has 5 rings (SSSR count). The van der Waals surface area contributed by atoms with Gasteiger partial charge in [0.2, 0.25) is 5.13 Å². The Hall–Kier alpha value is -2.67. The van der Waals surface area contributed by atoms with Crippen molar-refractivity contribution in [1.82, 2.24) is 4.98 Å². The molecule has 1 aliphatic carbocycles. The second-order valence-corrected chi connectivity index (χ2v) is 10.4. The number of nitrogens with zero attached hydrogens (tertiary/aromatic N) is 3. The molecule has 0 amide bonds. The first kappa shape index (κ1) is 24.0. The highest BCUT2D eigenvalue weighted by Gasteiger charge is 2.44. The van der Waals surface area contributed by atoms with Gasteiger partial charge < -0.3 is 4.74 Å². The predicted octanol–water partition coefficient (Wildman–Crippen LogP) is 7.74. The van der Waals surface area contributed by atoms with E-state index >= 15 is 0 Å². The van der Waals surface area contributed by atoms with Gasteiger partial charge in [-0.15, -0.1) is 0 Å². The van der Waals surface area contributed by atoms with Gasteiger partial charge in [0.05, 0.1) is 24.1 Å². The molecular formula is C27H25Cl2N3O2S. The Labute approximate surface area is 219 Å². The van der Waals surface area contributed by atoms with E-state index in [0.717, 1.165) is 41.1 Å². The summed E-state index contributed by atoms with van der Waals surface area (Å²) < 4.78 is 5.24. The third kappa shape index (κ3) is 4.63. The van der Waals surface area contributed by atoms with Crippen molar-refractivity contribution in [3.8, 4) is 0 Å². The Morgan fingerprint density at radius 3 is 2.66 bits per heavy atom. The van der Waals surface area contributed by atoms with E-state index in [-0.39, 0.29) is 17.9 Å². The molecule has 1 aliphatic heterocycles. The highest BCUT2D eigenvalue weighted by Crippen LogP contribution is 2.48. The number of anilines is 1. The van der Waals surface area contributed by atoms with Gasteiger partial charge in [0.15, 0.2) is 0 Å². The first-order chi connectivity index (χ1) is 17.0. The molecule has 35 heavy (non-hydrogen) atoms. The number of esters is 1. The largest absolute Gasteiger partial charge is 0.462 e. The fourth-order valence-corrected chi connectivity index (χ4v) is 6.21. The van der Waals surface area contributed by atoms with Crippen LogP contribution in [0.25, 0.3) is 6.08 Å². The molecule has 2 unspecified atom stereocenters. The minimum absolute atomic E-state index is 0.116. The van der Waals surface area contributed by atoms with Crippen LogP contribution in [-0.4, -0.2) is 23.3 Å². The monoisotopic (exact) mass is 525 g/mol. The summed E-state index contributed by atoms with van der Waals surface area (Å²) in [5, 5.41) is 9.15. The number of aryl methyl sites for hydroxylation is 1. The summed E-state index contributed by atoms with van der Waals surface area (Å²) in [6, 6.07) is 15.6. The summed E-state index contributed by atoms with van der Waals surface area (Å²) >= 11 is 14.5. The zero-order valence-corrected chi connectivity index (χ0v) is 21.8. The van der Waals surface area contributed by atoms with E-state index < -0.39 is 0 Å². The van der Waals surface area contributed by atoms with Crippen LogP contribution in [0.3, 0.4) is 0 Å². The number of carbonyl (C=O) groups is 1. The Bertz CT molecular complexity index is 1330. The van der Waals surface area contributed by atoms with Crippen molar-refractivity contribution in [2.75, 3.05) is 11.6 Å². The average Bonchev–Trinajstić information content (AvgIpc) is 3.42. The third-order valence-corrected chi connectivity index (χ3v) is 8.22. The van der Waals surface area contributed by atoms with Crippen LogP contribution in [-0.2, 0) is 4.74 Å². The fourth-order valence-electron chi connectivity index (χ4n) is 4.83. The summed E-state index contributed by atoms with van der Waals surface area (Å²) in [6.07, 6.45) is 5.10. The number of allylic oxidation sites excluding steroid dienone is 1. The summed E-state index contributed by atoms with van der Waals surface area (Å²) in [6.45, 7) is 3.94. The number of thiazole rings is 1. The summed E-state index contributed by atoms with van der Waals surface area (Å²) in [5.74, 6) is -0.209. The van der Waals surface area contributed by atoms with Crippen molar-refractivity contribution < 1.29 is 9.53 Å². The van der Waals surface area contributed by atoms with Gasteiger partial charge in [-0.2, -0.15) is 5.10 Å². The highest BCUT2D eigenvalue weighted by molar-refractivity contribution is 7.17. The van der Waals surface area contributed by atoms with Crippen molar-refractivity contribution in [3.05, 3.63) is 85.8 Å². The second kappa shape index (κ2) is 10.1. The molecule has 180 valence electrons. The molecule has 3 aromatic rings. The molecule has 2 aliphatic rings. The lowest BCUT2D eigenvalue weighted by Gasteiger charge is -2.30. The number of hydrogen-bond donors (Lipinski definition) is 0. The number of hydrogen-bond acceptors (Lipinski definition) is 6. The molecule has 0 N–H and O–H groups in total. The third-order valence-electron chi connectivity index (χ3n) is 6.40. The maximum atomic E-state index is 12.5. The zero-order chi connectivity index (χ0) is 24.5. The van der Waals surface area contributed by atoms with Crippen LogP contribution in [0.5, 0.6) is 0 Å². The van der Waals surface area contributed by atoms with E-state index in [1.54, 1.807) is 6.92 Å². The lowest BCUT2D eigenvalue weighted by Crippen LogP contribution is -2.28.